The summed E-state index contributed by atoms with van der Waals surface area (Å²) >= 11 is 0. The molecule has 0 bridgehead atoms. The molecule has 1 aliphatic rings. The Morgan fingerprint density at radius 1 is 1.17 bits per heavy atom. The Hall–Kier alpha value is -0.960. The van der Waals surface area contributed by atoms with Crippen LogP contribution in [0.25, 0.3) is 0 Å². The molecule has 3 heteroatoms. The zero-order chi connectivity index (χ0) is 13.4. The van der Waals surface area contributed by atoms with E-state index in [9.17, 15) is 8.78 Å². The van der Waals surface area contributed by atoms with E-state index in [2.05, 4.69) is 13.8 Å². The van der Waals surface area contributed by atoms with Crippen molar-refractivity contribution in [3.05, 3.63) is 35.4 Å². The molecule has 1 aliphatic carbocycles. The van der Waals surface area contributed by atoms with Crippen LogP contribution < -0.4 is 5.73 Å². The van der Waals surface area contributed by atoms with Gasteiger partial charge in [-0.1, -0.05) is 32.8 Å². The lowest BCUT2D eigenvalue weighted by atomic mass is 9.48. The average molecular weight is 253 g/mol. The smallest absolute Gasteiger partial charge is 0.129 e. The number of hydrogen-bond donors (Lipinski definition) is 1. The van der Waals surface area contributed by atoms with Crippen LogP contribution in [-0.4, -0.2) is 6.54 Å². The first kappa shape index (κ1) is 13.5. The normalized spacial score (nSPS) is 20.5. The minimum absolute atomic E-state index is 0.288. The van der Waals surface area contributed by atoms with Crippen LogP contribution in [0.3, 0.4) is 0 Å². The highest BCUT2D eigenvalue weighted by Crippen LogP contribution is 2.59. The average Bonchev–Trinajstić information content (AvgIpc) is 2.31. The first-order valence-electron chi connectivity index (χ1n) is 6.66. The zero-order valence-corrected chi connectivity index (χ0v) is 11.1. The summed E-state index contributed by atoms with van der Waals surface area (Å²) in [5.74, 6) is -0.985. The summed E-state index contributed by atoms with van der Waals surface area (Å²) in [6, 6.07) is 3.85. The SMILES string of the molecule is CCC1(CC)CC(CN)(c2ccc(F)cc2F)C1. The third kappa shape index (κ3) is 1.95. The molecule has 0 aliphatic heterocycles. The van der Waals surface area contributed by atoms with Crippen molar-refractivity contribution in [2.75, 3.05) is 6.54 Å². The van der Waals surface area contributed by atoms with E-state index < -0.39 is 11.6 Å². The molecule has 1 aromatic carbocycles. The van der Waals surface area contributed by atoms with Crippen molar-refractivity contribution >= 4 is 0 Å². The van der Waals surface area contributed by atoms with Crippen LogP contribution in [0.15, 0.2) is 18.2 Å². The summed E-state index contributed by atoms with van der Waals surface area (Å²) in [5.41, 5.74) is 6.47. The van der Waals surface area contributed by atoms with E-state index in [4.69, 9.17) is 5.73 Å². The monoisotopic (exact) mass is 253 g/mol. The van der Waals surface area contributed by atoms with Gasteiger partial charge in [-0.25, -0.2) is 8.78 Å². The number of rotatable bonds is 4. The van der Waals surface area contributed by atoms with Gasteiger partial charge in [-0.3, -0.25) is 0 Å². The molecule has 1 nitrogen and oxygen atoms in total. The molecule has 1 fully saturated rings. The second kappa shape index (κ2) is 4.61. The maximum absolute atomic E-state index is 13.9. The molecule has 0 unspecified atom stereocenters. The van der Waals surface area contributed by atoms with Crippen LogP contribution >= 0.6 is 0 Å². The fourth-order valence-corrected chi connectivity index (χ4v) is 3.50. The minimum atomic E-state index is -0.528. The standard InChI is InChI=1S/C15H21F2N/c1-3-14(4-2)8-15(9-14,10-18)12-6-5-11(16)7-13(12)17/h5-7H,3-4,8-10,18H2,1-2H3. The lowest BCUT2D eigenvalue weighted by Crippen LogP contribution is -2.53. The predicted octanol–water partition coefficient (Wildman–Crippen LogP) is 3.76. The topological polar surface area (TPSA) is 26.0 Å². The molecular weight excluding hydrogens is 232 g/mol. The van der Waals surface area contributed by atoms with E-state index >= 15 is 0 Å². The Morgan fingerprint density at radius 2 is 1.78 bits per heavy atom. The van der Waals surface area contributed by atoms with Gasteiger partial charge >= 0.3 is 0 Å². The van der Waals surface area contributed by atoms with Gasteiger partial charge < -0.3 is 5.73 Å². The van der Waals surface area contributed by atoms with E-state index in [1.54, 1.807) is 6.07 Å². The Bertz CT molecular complexity index is 430. The van der Waals surface area contributed by atoms with E-state index in [1.165, 1.54) is 6.07 Å². The molecule has 0 aromatic heterocycles. The maximum atomic E-state index is 13.9. The minimum Gasteiger partial charge on any atom is -0.330 e. The fourth-order valence-electron chi connectivity index (χ4n) is 3.50. The first-order valence-corrected chi connectivity index (χ1v) is 6.66. The quantitative estimate of drug-likeness (QED) is 0.868. The number of benzene rings is 1. The van der Waals surface area contributed by atoms with Crippen molar-refractivity contribution in [1.29, 1.82) is 0 Å². The Kier molecular flexibility index (Phi) is 3.45. The van der Waals surface area contributed by atoms with Crippen LogP contribution in [0.5, 0.6) is 0 Å². The summed E-state index contributed by atoms with van der Waals surface area (Å²) in [5, 5.41) is 0. The molecule has 0 heterocycles. The van der Waals surface area contributed by atoms with E-state index in [0.29, 0.717) is 17.5 Å². The van der Waals surface area contributed by atoms with Gasteiger partial charge in [0, 0.05) is 18.0 Å². The van der Waals surface area contributed by atoms with Gasteiger partial charge in [0.1, 0.15) is 11.6 Å². The molecule has 18 heavy (non-hydrogen) atoms. The summed E-state index contributed by atoms with van der Waals surface area (Å²) in [6.07, 6.45) is 4.00. The van der Waals surface area contributed by atoms with Gasteiger partial charge in [0.15, 0.2) is 0 Å². The summed E-state index contributed by atoms with van der Waals surface area (Å²) in [4.78, 5) is 0. The van der Waals surface area contributed by atoms with Crippen LogP contribution in [0.1, 0.15) is 45.1 Å². The van der Waals surface area contributed by atoms with Crippen molar-refractivity contribution in [2.24, 2.45) is 11.1 Å². The second-order valence-electron chi connectivity index (χ2n) is 5.67. The van der Waals surface area contributed by atoms with Crippen LogP contribution in [0.2, 0.25) is 0 Å². The van der Waals surface area contributed by atoms with E-state index in [1.807, 2.05) is 0 Å². The molecule has 2 rings (SSSR count). The highest BCUT2D eigenvalue weighted by Gasteiger charge is 2.53. The van der Waals surface area contributed by atoms with Gasteiger partial charge in [-0.2, -0.15) is 0 Å². The summed E-state index contributed by atoms with van der Waals surface area (Å²) < 4.78 is 26.9. The van der Waals surface area contributed by atoms with E-state index in [-0.39, 0.29) is 5.41 Å². The van der Waals surface area contributed by atoms with Gasteiger partial charge in [0.25, 0.3) is 0 Å². The molecule has 1 saturated carbocycles. The lowest BCUT2D eigenvalue weighted by molar-refractivity contribution is 0.0161. The molecular formula is C15H21F2N. The van der Waals surface area contributed by atoms with Crippen molar-refractivity contribution in [3.8, 4) is 0 Å². The number of halogens is 2. The molecule has 2 N–H and O–H groups in total. The molecule has 0 amide bonds. The first-order chi connectivity index (χ1) is 8.51. The highest BCUT2D eigenvalue weighted by molar-refractivity contribution is 5.33. The molecule has 0 saturated heterocycles. The molecule has 0 spiro atoms. The van der Waals surface area contributed by atoms with Gasteiger partial charge in [-0.15, -0.1) is 0 Å². The van der Waals surface area contributed by atoms with Crippen LogP contribution in [-0.2, 0) is 5.41 Å². The molecule has 0 atom stereocenters. The Labute approximate surface area is 107 Å². The third-order valence-electron chi connectivity index (χ3n) is 4.82. The van der Waals surface area contributed by atoms with Crippen LogP contribution in [0, 0.1) is 17.0 Å². The van der Waals surface area contributed by atoms with Crippen molar-refractivity contribution in [3.63, 3.8) is 0 Å². The Balaban J connectivity index is 2.31. The van der Waals surface area contributed by atoms with Crippen LogP contribution in [0.4, 0.5) is 8.78 Å². The maximum Gasteiger partial charge on any atom is 0.129 e. The van der Waals surface area contributed by atoms with Gasteiger partial charge in [0.2, 0.25) is 0 Å². The largest absolute Gasteiger partial charge is 0.330 e. The Morgan fingerprint density at radius 3 is 2.22 bits per heavy atom. The number of hydrogen-bond acceptors (Lipinski definition) is 1. The van der Waals surface area contributed by atoms with Gasteiger partial charge in [-0.05, 0) is 29.9 Å². The third-order valence-corrected chi connectivity index (χ3v) is 4.82. The number of nitrogens with two attached hydrogens (primary N) is 1. The molecule has 1 aromatic rings. The predicted molar refractivity (Wildman–Crippen MR) is 69.3 cm³/mol. The zero-order valence-electron chi connectivity index (χ0n) is 11.1. The summed E-state index contributed by atoms with van der Waals surface area (Å²) in [7, 11) is 0. The summed E-state index contributed by atoms with van der Waals surface area (Å²) in [6.45, 7) is 4.77. The van der Waals surface area contributed by atoms with Gasteiger partial charge in [0.05, 0.1) is 0 Å². The molecule has 100 valence electrons. The van der Waals surface area contributed by atoms with Crippen molar-refractivity contribution in [1.82, 2.24) is 0 Å². The highest BCUT2D eigenvalue weighted by atomic mass is 19.1. The lowest BCUT2D eigenvalue weighted by Gasteiger charge is -2.56. The molecule has 0 radical (unpaired) electrons. The van der Waals surface area contributed by atoms with E-state index in [0.717, 1.165) is 31.7 Å². The second-order valence-corrected chi connectivity index (χ2v) is 5.67. The fraction of sp³-hybridized carbons (Fsp3) is 0.600. The van der Waals surface area contributed by atoms with Crippen molar-refractivity contribution < 1.29 is 8.78 Å². The van der Waals surface area contributed by atoms with Crippen molar-refractivity contribution in [2.45, 2.75) is 44.9 Å².